The normalized spacial score (nSPS) is 10.2. The first-order valence-electron chi connectivity index (χ1n) is 5.45. The minimum Gasteiger partial charge on any atom is -0.450 e. The molecule has 0 fully saturated rings. The third-order valence-electron chi connectivity index (χ3n) is 2.11. The number of benzene rings is 1. The van der Waals surface area contributed by atoms with Crippen LogP contribution >= 0.6 is 0 Å². The third kappa shape index (κ3) is 5.62. The van der Waals surface area contributed by atoms with Crippen LogP contribution in [0, 0.1) is 11.8 Å². The van der Waals surface area contributed by atoms with Gasteiger partial charge in [-0.25, -0.2) is 4.79 Å². The molecule has 1 N–H and O–H groups in total. The summed E-state index contributed by atoms with van der Waals surface area (Å²) in [5.74, 6) is 5.75. The van der Waals surface area contributed by atoms with Crippen molar-refractivity contribution in [2.75, 3.05) is 0 Å². The Kier molecular flexibility index (Phi) is 4.59. The van der Waals surface area contributed by atoms with Gasteiger partial charge in [-0.2, -0.15) is 0 Å². The molecule has 0 aromatic heterocycles. The van der Waals surface area contributed by atoms with E-state index in [-0.39, 0.29) is 0 Å². The molecule has 90 valence electrons. The van der Waals surface area contributed by atoms with Gasteiger partial charge in [0.25, 0.3) is 0 Å². The largest absolute Gasteiger partial charge is 0.507 e. The van der Waals surface area contributed by atoms with Crippen molar-refractivity contribution in [3.63, 3.8) is 0 Å². The molecule has 0 heterocycles. The van der Waals surface area contributed by atoms with E-state index in [0.717, 1.165) is 6.42 Å². The molecule has 0 bridgehead atoms. The maximum absolute atomic E-state index is 10.4. The van der Waals surface area contributed by atoms with Crippen LogP contribution in [0.5, 0.6) is 0 Å². The number of hydrogen-bond donors (Lipinski definition) is 1. The second-order valence-electron chi connectivity index (χ2n) is 4.17. The van der Waals surface area contributed by atoms with E-state index in [2.05, 4.69) is 16.6 Å². The van der Waals surface area contributed by atoms with Gasteiger partial charge < -0.3 is 9.84 Å². The van der Waals surface area contributed by atoms with Gasteiger partial charge in [0, 0.05) is 6.42 Å². The number of ether oxygens (including phenoxy) is 1. The van der Waals surface area contributed by atoms with Crippen LogP contribution in [0.15, 0.2) is 30.3 Å². The zero-order valence-corrected chi connectivity index (χ0v) is 10.1. The van der Waals surface area contributed by atoms with E-state index in [0.29, 0.717) is 6.42 Å². The molecule has 0 aliphatic rings. The van der Waals surface area contributed by atoms with Crippen LogP contribution in [0.2, 0.25) is 0 Å². The summed E-state index contributed by atoms with van der Waals surface area (Å²) in [6, 6.07) is 10.0. The molecular formula is C14H16O3. The highest BCUT2D eigenvalue weighted by Crippen LogP contribution is 2.08. The van der Waals surface area contributed by atoms with E-state index in [1.807, 2.05) is 30.3 Å². The highest BCUT2D eigenvalue weighted by molar-refractivity contribution is 5.58. The fraction of sp³-hybridized carbons (Fsp3) is 0.357. The van der Waals surface area contributed by atoms with Gasteiger partial charge in [-0.1, -0.05) is 42.2 Å². The van der Waals surface area contributed by atoms with Crippen molar-refractivity contribution in [2.24, 2.45) is 0 Å². The van der Waals surface area contributed by atoms with Gasteiger partial charge in [-0.15, -0.1) is 0 Å². The van der Waals surface area contributed by atoms with Crippen molar-refractivity contribution in [3.05, 3.63) is 35.9 Å². The highest BCUT2D eigenvalue weighted by Gasteiger charge is 2.18. The van der Waals surface area contributed by atoms with Gasteiger partial charge in [0.1, 0.15) is 0 Å². The Bertz CT molecular complexity index is 424. The van der Waals surface area contributed by atoms with Crippen LogP contribution in [0.25, 0.3) is 0 Å². The van der Waals surface area contributed by atoms with Crippen LogP contribution < -0.4 is 0 Å². The number of carboxylic acid groups (broad SMARTS) is 1. The topological polar surface area (TPSA) is 46.5 Å². The van der Waals surface area contributed by atoms with E-state index in [1.54, 1.807) is 13.8 Å². The standard InChI is InChI=1S/C14H16O3/c1-14(2,17-13(15)16)11-7-6-10-12-8-4-3-5-9-12/h3-5,8-9H,6,10H2,1-2H3,(H,15,16). The lowest BCUT2D eigenvalue weighted by molar-refractivity contribution is 0.0355. The Morgan fingerprint density at radius 2 is 2.00 bits per heavy atom. The summed E-state index contributed by atoms with van der Waals surface area (Å²) in [6.45, 7) is 3.27. The van der Waals surface area contributed by atoms with E-state index in [1.165, 1.54) is 5.56 Å². The average molecular weight is 232 g/mol. The Labute approximate surface area is 101 Å². The fourth-order valence-corrected chi connectivity index (χ4v) is 1.37. The van der Waals surface area contributed by atoms with Gasteiger partial charge in [0.15, 0.2) is 5.60 Å². The van der Waals surface area contributed by atoms with E-state index in [9.17, 15) is 4.79 Å². The average Bonchev–Trinajstić information content (AvgIpc) is 2.24. The molecule has 0 saturated carbocycles. The van der Waals surface area contributed by atoms with Gasteiger partial charge in [0.05, 0.1) is 0 Å². The van der Waals surface area contributed by atoms with Gasteiger partial charge in [-0.05, 0) is 25.8 Å². The SMILES string of the molecule is CC(C)(C#CCCc1ccccc1)OC(=O)O. The molecular weight excluding hydrogens is 216 g/mol. The third-order valence-corrected chi connectivity index (χ3v) is 2.11. The summed E-state index contributed by atoms with van der Waals surface area (Å²) in [5, 5.41) is 8.49. The second kappa shape index (κ2) is 5.95. The van der Waals surface area contributed by atoms with Crippen molar-refractivity contribution in [1.82, 2.24) is 0 Å². The highest BCUT2D eigenvalue weighted by atomic mass is 16.7. The molecule has 0 aliphatic heterocycles. The summed E-state index contributed by atoms with van der Waals surface area (Å²) in [7, 11) is 0. The maximum Gasteiger partial charge on any atom is 0.507 e. The maximum atomic E-state index is 10.4. The smallest absolute Gasteiger partial charge is 0.450 e. The summed E-state index contributed by atoms with van der Waals surface area (Å²) in [5.41, 5.74) is 0.279. The summed E-state index contributed by atoms with van der Waals surface area (Å²) in [4.78, 5) is 10.4. The molecule has 1 aromatic carbocycles. The number of carbonyl (C=O) groups is 1. The quantitative estimate of drug-likeness (QED) is 0.643. The lowest BCUT2D eigenvalue weighted by atomic mass is 10.1. The van der Waals surface area contributed by atoms with E-state index >= 15 is 0 Å². The Hall–Kier alpha value is -1.95. The minimum atomic E-state index is -1.30. The summed E-state index contributed by atoms with van der Waals surface area (Å²) in [6.07, 6.45) is 0.250. The monoisotopic (exact) mass is 232 g/mol. The molecule has 3 nitrogen and oxygen atoms in total. The van der Waals surface area contributed by atoms with Gasteiger partial charge in [0.2, 0.25) is 0 Å². The van der Waals surface area contributed by atoms with E-state index in [4.69, 9.17) is 5.11 Å². The molecule has 1 aromatic rings. The zero-order valence-electron chi connectivity index (χ0n) is 10.1. The van der Waals surface area contributed by atoms with Crippen molar-refractivity contribution >= 4 is 6.16 Å². The molecule has 17 heavy (non-hydrogen) atoms. The Balaban J connectivity index is 2.43. The zero-order chi connectivity index (χ0) is 12.7. The first kappa shape index (κ1) is 13.1. The fourth-order valence-electron chi connectivity index (χ4n) is 1.37. The van der Waals surface area contributed by atoms with Crippen LogP contribution in [-0.2, 0) is 11.2 Å². The predicted molar refractivity (Wildman–Crippen MR) is 65.7 cm³/mol. The van der Waals surface area contributed by atoms with Crippen LogP contribution in [0.1, 0.15) is 25.8 Å². The minimum absolute atomic E-state index is 0.691. The second-order valence-corrected chi connectivity index (χ2v) is 4.17. The van der Waals surface area contributed by atoms with Crippen molar-refractivity contribution in [1.29, 1.82) is 0 Å². The lowest BCUT2D eigenvalue weighted by Crippen LogP contribution is -2.25. The van der Waals surface area contributed by atoms with Gasteiger partial charge >= 0.3 is 6.16 Å². The number of aryl methyl sites for hydroxylation is 1. The van der Waals surface area contributed by atoms with Crippen molar-refractivity contribution in [3.8, 4) is 11.8 Å². The van der Waals surface area contributed by atoms with Crippen LogP contribution in [-0.4, -0.2) is 16.9 Å². The lowest BCUT2D eigenvalue weighted by Gasteiger charge is -2.15. The molecule has 0 spiro atoms. The van der Waals surface area contributed by atoms with E-state index < -0.39 is 11.8 Å². The molecule has 0 amide bonds. The van der Waals surface area contributed by atoms with Crippen molar-refractivity contribution < 1.29 is 14.6 Å². The molecule has 0 saturated heterocycles. The van der Waals surface area contributed by atoms with Gasteiger partial charge in [-0.3, -0.25) is 0 Å². The molecule has 0 atom stereocenters. The van der Waals surface area contributed by atoms with Crippen LogP contribution in [0.3, 0.4) is 0 Å². The predicted octanol–water partition coefficient (Wildman–Crippen LogP) is 3.10. The molecule has 3 heteroatoms. The molecule has 0 aliphatic carbocycles. The number of hydrogen-bond acceptors (Lipinski definition) is 2. The molecule has 0 radical (unpaired) electrons. The Morgan fingerprint density at radius 3 is 2.59 bits per heavy atom. The first-order valence-corrected chi connectivity index (χ1v) is 5.45. The van der Waals surface area contributed by atoms with Crippen molar-refractivity contribution in [2.45, 2.75) is 32.3 Å². The molecule has 0 unspecified atom stereocenters. The first-order chi connectivity index (χ1) is 7.99. The Morgan fingerprint density at radius 1 is 1.35 bits per heavy atom. The summed E-state index contributed by atoms with van der Waals surface area (Å²) >= 11 is 0. The molecule has 1 rings (SSSR count). The summed E-state index contributed by atoms with van der Waals surface area (Å²) < 4.78 is 4.63. The van der Waals surface area contributed by atoms with Crippen LogP contribution in [0.4, 0.5) is 4.79 Å². The number of rotatable bonds is 3.